The molecule has 5 nitrogen and oxygen atoms in total. The number of carbonyl (C=O) groups excluding carboxylic acids is 1. The largest absolute Gasteiger partial charge is 0.493 e. The monoisotopic (exact) mass is 342 g/mol. The fourth-order valence-corrected chi connectivity index (χ4v) is 3.14. The van der Waals surface area contributed by atoms with Gasteiger partial charge in [0, 0.05) is 6.04 Å². The Labute approximate surface area is 149 Å². The average molecular weight is 342 g/mol. The molecule has 0 radical (unpaired) electrons. The van der Waals surface area contributed by atoms with Crippen LogP contribution in [0.2, 0.25) is 0 Å². The number of hydrogen-bond donors (Lipinski definition) is 1. The number of methoxy groups -OCH3 is 1. The Morgan fingerprint density at radius 3 is 2.76 bits per heavy atom. The molecule has 0 unspecified atom stereocenters. The number of rotatable bonds is 6. The van der Waals surface area contributed by atoms with E-state index in [1.54, 1.807) is 31.4 Å². The highest BCUT2D eigenvalue weighted by molar-refractivity contribution is 6.01. The Hall–Kier alpha value is -2.48. The van der Waals surface area contributed by atoms with Crippen LogP contribution in [0.5, 0.6) is 11.5 Å². The van der Waals surface area contributed by atoms with Gasteiger partial charge in [-0.05, 0) is 49.5 Å². The lowest BCUT2D eigenvalue weighted by atomic mass is 9.86. The van der Waals surface area contributed by atoms with E-state index in [4.69, 9.17) is 9.47 Å². The van der Waals surface area contributed by atoms with Crippen molar-refractivity contribution in [3.05, 3.63) is 29.3 Å². The predicted octanol–water partition coefficient (Wildman–Crippen LogP) is 3.70. The maximum absolute atomic E-state index is 12.5. The van der Waals surface area contributed by atoms with Gasteiger partial charge in [0.15, 0.2) is 11.5 Å². The fourth-order valence-electron chi connectivity index (χ4n) is 3.14. The third-order valence-electron chi connectivity index (χ3n) is 4.59. The summed E-state index contributed by atoms with van der Waals surface area (Å²) in [5.41, 5.74) is 0.827. The van der Waals surface area contributed by atoms with E-state index in [1.807, 2.05) is 13.0 Å². The molecule has 0 bridgehead atoms. The van der Waals surface area contributed by atoms with Crippen LogP contribution in [0.3, 0.4) is 0 Å². The molecule has 0 saturated heterocycles. The van der Waals surface area contributed by atoms with E-state index < -0.39 is 0 Å². The smallest absolute Gasteiger partial charge is 0.262 e. The highest BCUT2D eigenvalue weighted by atomic mass is 16.5. The minimum absolute atomic E-state index is 0.101. The van der Waals surface area contributed by atoms with Crippen molar-refractivity contribution in [2.45, 2.75) is 45.6 Å². The van der Waals surface area contributed by atoms with E-state index in [0.717, 1.165) is 24.8 Å². The van der Waals surface area contributed by atoms with E-state index in [9.17, 15) is 10.1 Å². The highest BCUT2D eigenvalue weighted by Crippen LogP contribution is 2.29. The lowest BCUT2D eigenvalue weighted by Gasteiger charge is -2.29. The minimum atomic E-state index is -0.311. The molecule has 1 aromatic rings. The van der Waals surface area contributed by atoms with E-state index >= 15 is 0 Å². The molecule has 1 saturated carbocycles. The third kappa shape index (κ3) is 4.99. The molecule has 2 atom stereocenters. The number of ether oxygens (including phenoxy) is 2. The van der Waals surface area contributed by atoms with Crippen LogP contribution in [0.15, 0.2) is 23.8 Å². The molecule has 0 aliphatic heterocycles. The summed E-state index contributed by atoms with van der Waals surface area (Å²) in [7, 11) is 1.56. The molecule has 1 fully saturated rings. The van der Waals surface area contributed by atoms with Crippen LogP contribution in [0.4, 0.5) is 0 Å². The molecule has 0 aromatic heterocycles. The summed E-state index contributed by atoms with van der Waals surface area (Å²) in [5.74, 6) is 1.35. The highest BCUT2D eigenvalue weighted by Gasteiger charge is 2.24. The number of hydrogen-bond acceptors (Lipinski definition) is 4. The quantitative estimate of drug-likeness (QED) is 0.632. The van der Waals surface area contributed by atoms with Crippen LogP contribution in [-0.2, 0) is 4.79 Å². The summed E-state index contributed by atoms with van der Waals surface area (Å²) in [5, 5.41) is 12.4. The zero-order chi connectivity index (χ0) is 18.2. The first-order valence-electron chi connectivity index (χ1n) is 8.82. The zero-order valence-electron chi connectivity index (χ0n) is 15.2. The molecule has 0 heterocycles. The van der Waals surface area contributed by atoms with E-state index in [0.29, 0.717) is 24.0 Å². The summed E-state index contributed by atoms with van der Waals surface area (Å²) < 4.78 is 10.8. The van der Waals surface area contributed by atoms with Gasteiger partial charge in [0.2, 0.25) is 0 Å². The maximum atomic E-state index is 12.5. The molecule has 0 spiro atoms. The molecule has 5 heteroatoms. The second kappa shape index (κ2) is 9.12. The summed E-state index contributed by atoms with van der Waals surface area (Å²) in [6.45, 7) is 4.59. The molecule has 25 heavy (non-hydrogen) atoms. The van der Waals surface area contributed by atoms with Gasteiger partial charge in [-0.3, -0.25) is 4.79 Å². The van der Waals surface area contributed by atoms with Crippen LogP contribution in [0.1, 0.15) is 45.1 Å². The molecule has 2 rings (SSSR count). The Morgan fingerprint density at radius 2 is 2.12 bits per heavy atom. The molecular formula is C20H26N2O3. The van der Waals surface area contributed by atoms with E-state index in [2.05, 4.69) is 12.2 Å². The van der Waals surface area contributed by atoms with Crippen molar-refractivity contribution in [1.29, 1.82) is 5.26 Å². The minimum Gasteiger partial charge on any atom is -0.493 e. The molecule has 1 aliphatic carbocycles. The van der Waals surface area contributed by atoms with Gasteiger partial charge in [-0.15, -0.1) is 0 Å². The first kappa shape index (κ1) is 18.9. The SMILES string of the molecule is CCOc1ccc(/C=C(\C#N)C(=O)N[C@@H]2CCCC[C@H]2C)cc1OC. The van der Waals surface area contributed by atoms with Gasteiger partial charge < -0.3 is 14.8 Å². The Balaban J connectivity index is 2.16. The second-order valence-corrected chi connectivity index (χ2v) is 6.35. The van der Waals surface area contributed by atoms with Crippen LogP contribution >= 0.6 is 0 Å². The number of nitrogens with zero attached hydrogens (tertiary/aromatic N) is 1. The van der Waals surface area contributed by atoms with E-state index in [1.165, 1.54) is 6.42 Å². The predicted molar refractivity (Wildman–Crippen MR) is 97.3 cm³/mol. The van der Waals surface area contributed by atoms with Gasteiger partial charge in [-0.2, -0.15) is 5.26 Å². The van der Waals surface area contributed by atoms with Crippen molar-refractivity contribution in [2.75, 3.05) is 13.7 Å². The van der Waals surface area contributed by atoms with Crippen LogP contribution < -0.4 is 14.8 Å². The molecule has 1 N–H and O–H groups in total. The van der Waals surface area contributed by atoms with Gasteiger partial charge in [0.1, 0.15) is 11.6 Å². The molecule has 1 aliphatic rings. The number of nitrogens with one attached hydrogen (secondary N) is 1. The fraction of sp³-hybridized carbons (Fsp3) is 0.500. The molecule has 134 valence electrons. The first-order chi connectivity index (χ1) is 12.1. The van der Waals surface area contributed by atoms with Gasteiger partial charge >= 0.3 is 0 Å². The van der Waals surface area contributed by atoms with Crippen molar-refractivity contribution in [2.24, 2.45) is 5.92 Å². The first-order valence-corrected chi connectivity index (χ1v) is 8.82. The van der Waals surface area contributed by atoms with Crippen molar-refractivity contribution in [3.63, 3.8) is 0 Å². The molecule has 1 aromatic carbocycles. The molecular weight excluding hydrogens is 316 g/mol. The number of carbonyl (C=O) groups is 1. The normalized spacial score (nSPS) is 20.5. The van der Waals surface area contributed by atoms with Crippen molar-refractivity contribution in [1.82, 2.24) is 5.32 Å². The Morgan fingerprint density at radius 1 is 1.36 bits per heavy atom. The Kier molecular flexibility index (Phi) is 6.88. The lowest BCUT2D eigenvalue weighted by molar-refractivity contribution is -0.118. The summed E-state index contributed by atoms with van der Waals surface area (Å²) in [6, 6.07) is 7.51. The van der Waals surface area contributed by atoms with Crippen LogP contribution in [-0.4, -0.2) is 25.7 Å². The van der Waals surface area contributed by atoms with Gasteiger partial charge in [-0.1, -0.05) is 25.8 Å². The maximum Gasteiger partial charge on any atom is 0.262 e. The number of amides is 1. The number of benzene rings is 1. The molecule has 1 amide bonds. The summed E-state index contributed by atoms with van der Waals surface area (Å²) in [4.78, 5) is 12.5. The zero-order valence-corrected chi connectivity index (χ0v) is 15.2. The Bertz CT molecular complexity index is 676. The van der Waals surface area contributed by atoms with Crippen molar-refractivity contribution >= 4 is 12.0 Å². The topological polar surface area (TPSA) is 71.3 Å². The van der Waals surface area contributed by atoms with Gasteiger partial charge in [0.25, 0.3) is 5.91 Å². The van der Waals surface area contributed by atoms with E-state index in [-0.39, 0.29) is 17.5 Å². The van der Waals surface area contributed by atoms with Gasteiger partial charge in [-0.25, -0.2) is 0 Å². The van der Waals surface area contributed by atoms with Gasteiger partial charge in [0.05, 0.1) is 13.7 Å². The van der Waals surface area contributed by atoms with Crippen LogP contribution in [0.25, 0.3) is 6.08 Å². The standard InChI is InChI=1S/C20H26N2O3/c1-4-25-18-10-9-15(12-19(18)24-3)11-16(13-21)20(23)22-17-8-6-5-7-14(17)2/h9-12,14,17H,4-8H2,1-3H3,(H,22,23)/b16-11+/t14-,17-/m1/s1. The number of nitriles is 1. The van der Waals surface area contributed by atoms with Crippen molar-refractivity contribution in [3.8, 4) is 17.6 Å². The van der Waals surface area contributed by atoms with Crippen LogP contribution in [0, 0.1) is 17.2 Å². The summed E-state index contributed by atoms with van der Waals surface area (Å²) >= 11 is 0. The second-order valence-electron chi connectivity index (χ2n) is 6.35. The average Bonchev–Trinajstić information content (AvgIpc) is 2.62. The lowest BCUT2D eigenvalue weighted by Crippen LogP contribution is -2.41. The third-order valence-corrected chi connectivity index (χ3v) is 4.59. The van der Waals surface area contributed by atoms with Crippen molar-refractivity contribution < 1.29 is 14.3 Å². The summed E-state index contributed by atoms with van der Waals surface area (Å²) in [6.07, 6.45) is 6.01.